The van der Waals surface area contributed by atoms with Gasteiger partial charge in [0.1, 0.15) is 0 Å². The number of hydrogen-bond acceptors (Lipinski definition) is 1. The number of hydrogen-bond donors (Lipinski definition) is 0. The first kappa shape index (κ1) is 21.9. The zero-order valence-electron chi connectivity index (χ0n) is 18.1. The molecule has 1 saturated heterocycles. The van der Waals surface area contributed by atoms with E-state index in [1.54, 1.807) is 0 Å². The standard InChI is InChI=1S/C14H11O.3C4H9.Sn/c1-3-7-11(8-4-1)13-14(15-13)12-9-5-2-6-10-12;3*1-3-4-2;/h1-10,13H;3*1,3-4H2,2H3;/t13-;;;;/m1..../s1. The summed E-state index contributed by atoms with van der Waals surface area (Å²) in [6.07, 6.45) is 8.32. The third-order valence-electron chi connectivity index (χ3n) is 6.74. The number of benzene rings is 2. The summed E-state index contributed by atoms with van der Waals surface area (Å²) in [7, 11) is 0. The van der Waals surface area contributed by atoms with Crippen LogP contribution >= 0.6 is 0 Å². The Labute approximate surface area is 176 Å². The van der Waals surface area contributed by atoms with Gasteiger partial charge in [0.05, 0.1) is 0 Å². The Kier molecular flexibility index (Phi) is 8.05. The van der Waals surface area contributed by atoms with Gasteiger partial charge in [-0.3, -0.25) is 0 Å². The van der Waals surface area contributed by atoms with Crippen molar-refractivity contribution in [1.29, 1.82) is 0 Å². The predicted octanol–water partition coefficient (Wildman–Crippen LogP) is 8.04. The number of rotatable bonds is 12. The molecule has 0 spiro atoms. The summed E-state index contributed by atoms with van der Waals surface area (Å²) in [5.41, 5.74) is 2.86. The molecule has 0 saturated carbocycles. The van der Waals surface area contributed by atoms with Crippen LogP contribution in [-0.2, 0) is 8.35 Å². The van der Waals surface area contributed by atoms with Crippen molar-refractivity contribution in [2.24, 2.45) is 0 Å². The van der Waals surface area contributed by atoms with Gasteiger partial charge in [-0.25, -0.2) is 0 Å². The Morgan fingerprint density at radius 1 is 0.714 bits per heavy atom. The second-order valence-electron chi connectivity index (χ2n) is 8.60. The summed E-state index contributed by atoms with van der Waals surface area (Å²) >= 11 is -2.66. The number of ether oxygens (including phenoxy) is 1. The van der Waals surface area contributed by atoms with Crippen LogP contribution in [0.25, 0.3) is 0 Å². The van der Waals surface area contributed by atoms with Crippen LogP contribution < -0.4 is 0 Å². The molecular formula is C26H38OSn. The van der Waals surface area contributed by atoms with E-state index in [0.717, 1.165) is 0 Å². The fourth-order valence-corrected chi connectivity index (χ4v) is 24.7. The first-order chi connectivity index (χ1) is 13.7. The fraction of sp³-hybridized carbons (Fsp3) is 0.538. The van der Waals surface area contributed by atoms with E-state index in [9.17, 15) is 0 Å². The zero-order valence-corrected chi connectivity index (χ0v) is 21.0. The first-order valence-corrected chi connectivity index (χ1v) is 19.0. The average molecular weight is 485 g/mol. The molecule has 28 heavy (non-hydrogen) atoms. The Bertz CT molecular complexity index is 677. The van der Waals surface area contributed by atoms with Crippen molar-refractivity contribution in [1.82, 2.24) is 0 Å². The van der Waals surface area contributed by atoms with E-state index in [0.29, 0.717) is 0 Å². The molecule has 2 aromatic carbocycles. The molecule has 1 aliphatic rings. The Morgan fingerprint density at radius 2 is 1.18 bits per heavy atom. The van der Waals surface area contributed by atoms with Crippen LogP contribution in [0.15, 0.2) is 60.7 Å². The summed E-state index contributed by atoms with van der Waals surface area (Å²) in [5.74, 6) is 0. The first-order valence-electron chi connectivity index (χ1n) is 11.5. The monoisotopic (exact) mass is 486 g/mol. The molecule has 0 aliphatic carbocycles. The van der Waals surface area contributed by atoms with Gasteiger partial charge >= 0.3 is 177 Å². The third kappa shape index (κ3) is 4.36. The molecule has 2 atom stereocenters. The third-order valence-corrected chi connectivity index (χ3v) is 24.4. The van der Waals surface area contributed by atoms with E-state index in [1.165, 1.54) is 63.0 Å². The molecule has 1 nitrogen and oxygen atoms in total. The van der Waals surface area contributed by atoms with Gasteiger partial charge in [0.15, 0.2) is 0 Å². The topological polar surface area (TPSA) is 12.5 Å². The Balaban J connectivity index is 2.08. The molecule has 0 unspecified atom stereocenters. The minimum absolute atomic E-state index is 0.0385. The van der Waals surface area contributed by atoms with E-state index in [4.69, 9.17) is 4.74 Å². The second-order valence-corrected chi connectivity index (χ2v) is 22.3. The molecule has 0 amide bonds. The van der Waals surface area contributed by atoms with E-state index >= 15 is 0 Å². The van der Waals surface area contributed by atoms with Gasteiger partial charge < -0.3 is 0 Å². The van der Waals surface area contributed by atoms with Crippen LogP contribution in [0.5, 0.6) is 0 Å². The normalized spacial score (nSPS) is 21.6. The van der Waals surface area contributed by atoms with Gasteiger partial charge in [-0.1, -0.05) is 0 Å². The van der Waals surface area contributed by atoms with Crippen molar-refractivity contribution in [3.63, 3.8) is 0 Å². The Morgan fingerprint density at radius 3 is 1.64 bits per heavy atom. The molecule has 0 N–H and O–H groups in total. The summed E-state index contributed by atoms with van der Waals surface area (Å²) in [6.45, 7) is 7.07. The van der Waals surface area contributed by atoms with Gasteiger partial charge in [-0.15, -0.1) is 0 Å². The van der Waals surface area contributed by atoms with E-state index in [2.05, 4.69) is 81.4 Å². The maximum atomic E-state index is 6.93. The van der Waals surface area contributed by atoms with E-state index < -0.39 is 18.4 Å². The van der Waals surface area contributed by atoms with Crippen molar-refractivity contribution in [3.8, 4) is 0 Å². The van der Waals surface area contributed by atoms with Crippen LogP contribution in [0.4, 0.5) is 0 Å². The molecule has 2 heteroatoms. The van der Waals surface area contributed by atoms with Crippen molar-refractivity contribution in [2.75, 3.05) is 0 Å². The quantitative estimate of drug-likeness (QED) is 0.219. The molecule has 0 aromatic heterocycles. The molecule has 0 bridgehead atoms. The van der Waals surface area contributed by atoms with Crippen molar-refractivity contribution in [3.05, 3.63) is 71.8 Å². The molecule has 152 valence electrons. The van der Waals surface area contributed by atoms with Crippen LogP contribution in [-0.4, -0.2) is 18.4 Å². The maximum absolute atomic E-state index is 6.93. The predicted molar refractivity (Wildman–Crippen MR) is 123 cm³/mol. The molecular weight excluding hydrogens is 447 g/mol. The fourth-order valence-electron chi connectivity index (χ4n) is 5.17. The number of unbranched alkanes of at least 4 members (excludes halogenated alkanes) is 3. The Hall–Kier alpha value is -0.801. The van der Waals surface area contributed by atoms with Gasteiger partial charge in [0.2, 0.25) is 0 Å². The van der Waals surface area contributed by atoms with Gasteiger partial charge in [-0.05, 0) is 0 Å². The molecule has 2 aromatic rings. The SMILES string of the molecule is CCC[CH2][Sn]([CH2]CCC)([CH2]CCC)[C@@]1(c2ccccc2)O[C@@H]1c1ccccc1. The van der Waals surface area contributed by atoms with Crippen LogP contribution in [0.1, 0.15) is 76.5 Å². The van der Waals surface area contributed by atoms with Gasteiger partial charge in [-0.2, -0.15) is 0 Å². The van der Waals surface area contributed by atoms with Crippen LogP contribution in [0.3, 0.4) is 0 Å². The van der Waals surface area contributed by atoms with E-state index in [-0.39, 0.29) is 9.72 Å². The number of epoxide rings is 1. The van der Waals surface area contributed by atoms with Crippen molar-refractivity contribution >= 4 is 18.4 Å². The summed E-state index contributed by atoms with van der Waals surface area (Å²) in [6, 6.07) is 22.3. The summed E-state index contributed by atoms with van der Waals surface area (Å²) in [4.78, 5) is 0. The molecule has 1 aliphatic heterocycles. The molecule has 1 heterocycles. The van der Waals surface area contributed by atoms with Crippen molar-refractivity contribution in [2.45, 2.75) is 82.3 Å². The summed E-state index contributed by atoms with van der Waals surface area (Å²) < 4.78 is 11.4. The molecule has 0 radical (unpaired) electrons. The zero-order chi connectivity index (χ0) is 19.9. The second kappa shape index (κ2) is 10.3. The average Bonchev–Trinajstić information content (AvgIpc) is 3.52. The minimum atomic E-state index is -2.66. The van der Waals surface area contributed by atoms with Crippen LogP contribution in [0.2, 0.25) is 13.3 Å². The molecule has 1 fully saturated rings. The van der Waals surface area contributed by atoms with Gasteiger partial charge in [0, 0.05) is 0 Å². The van der Waals surface area contributed by atoms with Gasteiger partial charge in [0.25, 0.3) is 0 Å². The summed E-state index contributed by atoms with van der Waals surface area (Å²) in [5, 5.41) is 0. The van der Waals surface area contributed by atoms with E-state index in [1.807, 2.05) is 0 Å². The van der Waals surface area contributed by atoms with Crippen LogP contribution in [0, 0.1) is 0 Å². The van der Waals surface area contributed by atoms with Crippen molar-refractivity contribution < 1.29 is 4.74 Å². The molecule has 3 rings (SSSR count).